The molecule has 0 aromatic carbocycles. The van der Waals surface area contributed by atoms with E-state index in [1.165, 1.54) is 5.56 Å². The van der Waals surface area contributed by atoms with Crippen LogP contribution in [0.15, 0.2) is 24.6 Å². The predicted molar refractivity (Wildman–Crippen MR) is 58.8 cm³/mol. The first kappa shape index (κ1) is 10.8. The lowest BCUT2D eigenvalue weighted by atomic mass is 10.2. The number of ether oxygens (including phenoxy) is 1. The highest BCUT2D eigenvalue weighted by Gasteiger charge is 2.06. The summed E-state index contributed by atoms with van der Waals surface area (Å²) in [6.45, 7) is 8.06. The monoisotopic (exact) mass is 191 g/mol. The first-order chi connectivity index (χ1) is 6.47. The van der Waals surface area contributed by atoms with Crippen molar-refractivity contribution in [2.75, 3.05) is 0 Å². The molecule has 1 rings (SSSR count). The fourth-order valence-electron chi connectivity index (χ4n) is 0.886. The first-order valence-corrected chi connectivity index (χ1v) is 4.74. The second kappa shape index (κ2) is 4.27. The highest BCUT2D eigenvalue weighted by molar-refractivity contribution is 5.43. The molecule has 0 aliphatic carbocycles. The zero-order valence-electron chi connectivity index (χ0n) is 9.24. The molecular formula is C12H17NO. The summed E-state index contributed by atoms with van der Waals surface area (Å²) in [5.74, 6) is 0. The molecule has 0 saturated heterocycles. The van der Waals surface area contributed by atoms with Crippen LogP contribution in [-0.2, 0) is 4.74 Å². The van der Waals surface area contributed by atoms with Crippen LogP contribution in [0.25, 0.3) is 6.08 Å². The minimum absolute atomic E-state index is 0.138. The van der Waals surface area contributed by atoms with Gasteiger partial charge in [0, 0.05) is 6.20 Å². The van der Waals surface area contributed by atoms with E-state index in [1.807, 2.05) is 52.1 Å². The Hall–Kier alpha value is -1.31. The van der Waals surface area contributed by atoms with Crippen LogP contribution in [0, 0.1) is 6.92 Å². The Morgan fingerprint density at radius 1 is 1.29 bits per heavy atom. The van der Waals surface area contributed by atoms with Crippen molar-refractivity contribution >= 4 is 6.08 Å². The topological polar surface area (TPSA) is 22.1 Å². The second-order valence-electron chi connectivity index (χ2n) is 4.29. The van der Waals surface area contributed by atoms with Crippen LogP contribution in [0.2, 0.25) is 0 Å². The van der Waals surface area contributed by atoms with Gasteiger partial charge in [0.2, 0.25) is 0 Å². The number of hydrogen-bond acceptors (Lipinski definition) is 2. The van der Waals surface area contributed by atoms with E-state index in [9.17, 15) is 0 Å². The fourth-order valence-corrected chi connectivity index (χ4v) is 0.886. The normalized spacial score (nSPS) is 12.0. The molecule has 0 bridgehead atoms. The molecule has 0 spiro atoms. The molecule has 0 saturated carbocycles. The minimum Gasteiger partial charge on any atom is -0.496 e. The van der Waals surface area contributed by atoms with Gasteiger partial charge >= 0.3 is 0 Å². The van der Waals surface area contributed by atoms with Crippen molar-refractivity contribution in [2.24, 2.45) is 0 Å². The third-order valence-electron chi connectivity index (χ3n) is 1.59. The second-order valence-corrected chi connectivity index (χ2v) is 4.29. The molecule has 0 unspecified atom stereocenters. The Labute approximate surface area is 85.6 Å². The number of pyridine rings is 1. The van der Waals surface area contributed by atoms with Crippen LogP contribution in [0.4, 0.5) is 0 Å². The average Bonchev–Trinajstić information content (AvgIpc) is 2.06. The van der Waals surface area contributed by atoms with Crippen molar-refractivity contribution in [1.29, 1.82) is 0 Å². The summed E-state index contributed by atoms with van der Waals surface area (Å²) in [6.07, 6.45) is 5.40. The van der Waals surface area contributed by atoms with E-state index in [2.05, 4.69) is 4.98 Å². The molecule has 0 radical (unpaired) electrons. The van der Waals surface area contributed by atoms with Crippen LogP contribution < -0.4 is 0 Å². The standard InChI is InChI=1S/C12H17NO/c1-10-5-6-11(13-9-10)7-8-14-12(2,3)4/h5-9H,1-4H3/b8-7+. The van der Waals surface area contributed by atoms with Crippen LogP contribution >= 0.6 is 0 Å². The molecule has 2 nitrogen and oxygen atoms in total. The molecule has 0 atom stereocenters. The molecule has 2 heteroatoms. The van der Waals surface area contributed by atoms with Crippen LogP contribution in [0.5, 0.6) is 0 Å². The third kappa shape index (κ3) is 4.08. The lowest BCUT2D eigenvalue weighted by Crippen LogP contribution is -2.15. The van der Waals surface area contributed by atoms with E-state index in [-0.39, 0.29) is 5.60 Å². The van der Waals surface area contributed by atoms with Gasteiger partial charge in [0.1, 0.15) is 0 Å². The van der Waals surface area contributed by atoms with Gasteiger partial charge in [0.25, 0.3) is 0 Å². The molecule has 0 N–H and O–H groups in total. The molecular weight excluding hydrogens is 174 g/mol. The summed E-state index contributed by atoms with van der Waals surface area (Å²) in [5, 5.41) is 0. The van der Waals surface area contributed by atoms with Gasteiger partial charge in [-0.3, -0.25) is 4.98 Å². The molecule has 0 aliphatic rings. The van der Waals surface area contributed by atoms with Gasteiger partial charge in [-0.1, -0.05) is 6.07 Å². The number of rotatable bonds is 2. The maximum Gasteiger partial charge on any atom is 0.0998 e. The highest BCUT2D eigenvalue weighted by atomic mass is 16.5. The van der Waals surface area contributed by atoms with E-state index in [1.54, 1.807) is 6.26 Å². The Morgan fingerprint density at radius 2 is 2.00 bits per heavy atom. The summed E-state index contributed by atoms with van der Waals surface area (Å²) in [6, 6.07) is 4.00. The predicted octanol–water partition coefficient (Wildman–Crippen LogP) is 3.18. The van der Waals surface area contributed by atoms with Crippen molar-refractivity contribution in [1.82, 2.24) is 4.98 Å². The number of aryl methyl sites for hydroxylation is 1. The summed E-state index contributed by atoms with van der Waals surface area (Å²) in [5.41, 5.74) is 1.94. The van der Waals surface area contributed by atoms with Gasteiger partial charge in [0.05, 0.1) is 17.6 Å². The lowest BCUT2D eigenvalue weighted by molar-refractivity contribution is 0.0783. The fraction of sp³-hybridized carbons (Fsp3) is 0.417. The maximum atomic E-state index is 5.44. The van der Waals surface area contributed by atoms with Gasteiger partial charge in [-0.25, -0.2) is 0 Å². The molecule has 0 amide bonds. The van der Waals surface area contributed by atoms with Crippen molar-refractivity contribution in [2.45, 2.75) is 33.3 Å². The Kier molecular flexibility index (Phi) is 3.28. The maximum absolute atomic E-state index is 5.44. The summed E-state index contributed by atoms with van der Waals surface area (Å²) < 4.78 is 5.44. The average molecular weight is 191 g/mol. The van der Waals surface area contributed by atoms with Crippen LogP contribution in [-0.4, -0.2) is 10.6 Å². The smallest absolute Gasteiger partial charge is 0.0998 e. The minimum atomic E-state index is -0.138. The zero-order valence-corrected chi connectivity index (χ0v) is 9.24. The largest absolute Gasteiger partial charge is 0.496 e. The Morgan fingerprint density at radius 3 is 2.50 bits per heavy atom. The van der Waals surface area contributed by atoms with Gasteiger partial charge in [-0.05, 0) is 45.4 Å². The van der Waals surface area contributed by atoms with E-state index >= 15 is 0 Å². The molecule has 1 aromatic heterocycles. The van der Waals surface area contributed by atoms with Crippen LogP contribution in [0.1, 0.15) is 32.0 Å². The van der Waals surface area contributed by atoms with Gasteiger partial charge in [-0.15, -0.1) is 0 Å². The zero-order chi connectivity index (χ0) is 10.6. The van der Waals surface area contributed by atoms with E-state index in [4.69, 9.17) is 4.74 Å². The number of aromatic nitrogens is 1. The van der Waals surface area contributed by atoms with Crippen LogP contribution in [0.3, 0.4) is 0 Å². The number of hydrogen-bond donors (Lipinski definition) is 0. The van der Waals surface area contributed by atoms with Crippen molar-refractivity contribution in [3.8, 4) is 0 Å². The molecule has 1 heterocycles. The molecule has 0 aliphatic heterocycles. The van der Waals surface area contributed by atoms with E-state index in [0.717, 1.165) is 5.69 Å². The molecule has 14 heavy (non-hydrogen) atoms. The molecule has 0 fully saturated rings. The lowest BCUT2D eigenvalue weighted by Gasteiger charge is -2.17. The SMILES string of the molecule is Cc1ccc(/C=C/OC(C)(C)C)nc1. The van der Waals surface area contributed by atoms with Crippen molar-refractivity contribution in [3.05, 3.63) is 35.8 Å². The summed E-state index contributed by atoms with van der Waals surface area (Å²) in [7, 11) is 0. The number of nitrogens with zero attached hydrogens (tertiary/aromatic N) is 1. The van der Waals surface area contributed by atoms with E-state index in [0.29, 0.717) is 0 Å². The first-order valence-electron chi connectivity index (χ1n) is 4.74. The molecule has 1 aromatic rings. The summed E-state index contributed by atoms with van der Waals surface area (Å²) >= 11 is 0. The third-order valence-corrected chi connectivity index (χ3v) is 1.59. The van der Waals surface area contributed by atoms with Gasteiger partial charge in [0.15, 0.2) is 0 Å². The quantitative estimate of drug-likeness (QED) is 0.670. The Bertz CT molecular complexity index is 306. The van der Waals surface area contributed by atoms with Gasteiger partial charge < -0.3 is 4.74 Å². The Balaban J connectivity index is 2.57. The van der Waals surface area contributed by atoms with Crippen molar-refractivity contribution < 1.29 is 4.74 Å². The van der Waals surface area contributed by atoms with E-state index < -0.39 is 0 Å². The van der Waals surface area contributed by atoms with Gasteiger partial charge in [-0.2, -0.15) is 0 Å². The van der Waals surface area contributed by atoms with Crippen molar-refractivity contribution in [3.63, 3.8) is 0 Å². The summed E-state index contributed by atoms with van der Waals surface area (Å²) in [4.78, 5) is 4.23. The molecule has 76 valence electrons. The highest BCUT2D eigenvalue weighted by Crippen LogP contribution is 2.08.